The van der Waals surface area contributed by atoms with Gasteiger partial charge in [0.2, 0.25) is 0 Å². The van der Waals surface area contributed by atoms with E-state index in [9.17, 15) is 0 Å². The Labute approximate surface area is 107 Å². The van der Waals surface area contributed by atoms with Crippen LogP contribution in [-0.2, 0) is 0 Å². The van der Waals surface area contributed by atoms with Crippen LogP contribution in [0.5, 0.6) is 0 Å². The number of hydrogen-bond donors (Lipinski definition) is 0. The van der Waals surface area contributed by atoms with Crippen LogP contribution in [0, 0.1) is 5.92 Å². The van der Waals surface area contributed by atoms with Gasteiger partial charge in [-0.2, -0.15) is 0 Å². The molecule has 0 atom stereocenters. The molecule has 0 aliphatic carbocycles. The van der Waals surface area contributed by atoms with E-state index in [4.69, 9.17) is 0 Å². The van der Waals surface area contributed by atoms with Gasteiger partial charge in [-0.25, -0.2) is 0 Å². The number of rotatable bonds is 6. The van der Waals surface area contributed by atoms with Gasteiger partial charge in [-0.1, -0.05) is 50.1 Å². The standard InChI is InChI=1S/C11H14Br2S/c12-8-10(9-13)6-7-14-11-4-2-1-3-5-11/h1-5,10H,6-9H2. The molecule has 0 fully saturated rings. The minimum Gasteiger partial charge on any atom is -0.126 e. The summed E-state index contributed by atoms with van der Waals surface area (Å²) >= 11 is 8.98. The second-order valence-electron chi connectivity index (χ2n) is 3.12. The molecule has 0 amide bonds. The van der Waals surface area contributed by atoms with Crippen LogP contribution in [0.25, 0.3) is 0 Å². The van der Waals surface area contributed by atoms with Crippen molar-refractivity contribution >= 4 is 43.6 Å². The van der Waals surface area contributed by atoms with Crippen molar-refractivity contribution in [2.75, 3.05) is 16.4 Å². The predicted molar refractivity (Wildman–Crippen MR) is 72.9 cm³/mol. The van der Waals surface area contributed by atoms with Gasteiger partial charge in [0.25, 0.3) is 0 Å². The van der Waals surface area contributed by atoms with E-state index in [2.05, 4.69) is 62.2 Å². The summed E-state index contributed by atoms with van der Waals surface area (Å²) in [7, 11) is 0. The summed E-state index contributed by atoms with van der Waals surface area (Å²) in [5.74, 6) is 1.96. The molecule has 0 N–H and O–H groups in total. The summed E-state index contributed by atoms with van der Waals surface area (Å²) in [6, 6.07) is 10.6. The summed E-state index contributed by atoms with van der Waals surface area (Å²) in [4.78, 5) is 1.37. The average molecular weight is 338 g/mol. The van der Waals surface area contributed by atoms with Crippen LogP contribution >= 0.6 is 43.6 Å². The van der Waals surface area contributed by atoms with E-state index < -0.39 is 0 Å². The quantitative estimate of drug-likeness (QED) is 0.541. The molecule has 0 saturated carbocycles. The van der Waals surface area contributed by atoms with Gasteiger partial charge in [0.1, 0.15) is 0 Å². The molecule has 0 bridgehead atoms. The first-order chi connectivity index (χ1) is 6.86. The number of thioether (sulfide) groups is 1. The van der Waals surface area contributed by atoms with E-state index in [-0.39, 0.29) is 0 Å². The fraction of sp³-hybridized carbons (Fsp3) is 0.455. The molecule has 0 radical (unpaired) electrons. The summed E-state index contributed by atoms with van der Waals surface area (Å²) in [6.45, 7) is 0. The molecule has 0 nitrogen and oxygen atoms in total. The van der Waals surface area contributed by atoms with Gasteiger partial charge in [-0.15, -0.1) is 11.8 Å². The molecular formula is C11H14Br2S. The average Bonchev–Trinajstić information content (AvgIpc) is 2.26. The highest BCUT2D eigenvalue weighted by atomic mass is 79.9. The Bertz CT molecular complexity index is 234. The minimum atomic E-state index is 0.756. The van der Waals surface area contributed by atoms with E-state index in [0.29, 0.717) is 0 Å². The molecule has 1 rings (SSSR count). The SMILES string of the molecule is BrCC(CBr)CCSc1ccccc1. The normalized spacial score (nSPS) is 10.8. The molecule has 3 heteroatoms. The van der Waals surface area contributed by atoms with Gasteiger partial charge in [-0.05, 0) is 30.2 Å². The summed E-state index contributed by atoms with van der Waals surface area (Å²) in [5.41, 5.74) is 0. The van der Waals surface area contributed by atoms with E-state index in [1.807, 2.05) is 11.8 Å². The first kappa shape index (κ1) is 12.6. The van der Waals surface area contributed by atoms with Crippen molar-refractivity contribution in [1.29, 1.82) is 0 Å². The largest absolute Gasteiger partial charge is 0.126 e. The van der Waals surface area contributed by atoms with E-state index in [1.165, 1.54) is 17.1 Å². The smallest absolute Gasteiger partial charge is 0.00719 e. The zero-order valence-corrected chi connectivity index (χ0v) is 11.9. The lowest BCUT2D eigenvalue weighted by Gasteiger charge is -2.09. The molecule has 14 heavy (non-hydrogen) atoms. The van der Waals surface area contributed by atoms with Gasteiger partial charge in [-0.3, -0.25) is 0 Å². The monoisotopic (exact) mass is 336 g/mol. The summed E-state index contributed by atoms with van der Waals surface area (Å²) in [6.07, 6.45) is 1.26. The second kappa shape index (κ2) is 7.77. The lowest BCUT2D eigenvalue weighted by atomic mass is 10.2. The van der Waals surface area contributed by atoms with Gasteiger partial charge in [0.15, 0.2) is 0 Å². The molecule has 0 heterocycles. The van der Waals surface area contributed by atoms with Crippen molar-refractivity contribution in [3.8, 4) is 0 Å². The molecular weight excluding hydrogens is 324 g/mol. The molecule has 78 valence electrons. The maximum atomic E-state index is 3.52. The Morgan fingerprint density at radius 1 is 1.07 bits per heavy atom. The van der Waals surface area contributed by atoms with Crippen molar-refractivity contribution in [2.45, 2.75) is 11.3 Å². The maximum Gasteiger partial charge on any atom is 0.00719 e. The first-order valence-corrected chi connectivity index (χ1v) is 7.89. The van der Waals surface area contributed by atoms with Crippen molar-refractivity contribution in [3.63, 3.8) is 0 Å². The van der Waals surface area contributed by atoms with E-state index >= 15 is 0 Å². The van der Waals surface area contributed by atoms with Gasteiger partial charge in [0.05, 0.1) is 0 Å². The van der Waals surface area contributed by atoms with Crippen molar-refractivity contribution in [3.05, 3.63) is 30.3 Å². The molecule has 0 unspecified atom stereocenters. The van der Waals surface area contributed by atoms with Crippen molar-refractivity contribution in [1.82, 2.24) is 0 Å². The van der Waals surface area contributed by atoms with Gasteiger partial charge >= 0.3 is 0 Å². The zero-order chi connectivity index (χ0) is 10.2. The van der Waals surface area contributed by atoms with Crippen LogP contribution in [0.4, 0.5) is 0 Å². The third kappa shape index (κ3) is 4.85. The van der Waals surface area contributed by atoms with Crippen molar-refractivity contribution in [2.24, 2.45) is 5.92 Å². The fourth-order valence-corrected chi connectivity index (χ4v) is 3.81. The van der Waals surface area contributed by atoms with Crippen LogP contribution in [0.15, 0.2) is 35.2 Å². The Balaban J connectivity index is 2.21. The Morgan fingerprint density at radius 3 is 2.29 bits per heavy atom. The number of benzene rings is 1. The highest BCUT2D eigenvalue weighted by molar-refractivity contribution is 9.09. The molecule has 0 spiro atoms. The lowest BCUT2D eigenvalue weighted by Crippen LogP contribution is -2.04. The summed E-state index contributed by atoms with van der Waals surface area (Å²) in [5, 5.41) is 2.18. The third-order valence-electron chi connectivity index (χ3n) is 1.97. The molecule has 0 saturated heterocycles. The number of halogens is 2. The predicted octanol–water partition coefficient (Wildman–Crippen LogP) is 4.57. The Morgan fingerprint density at radius 2 is 1.71 bits per heavy atom. The molecule has 1 aromatic carbocycles. The fourth-order valence-electron chi connectivity index (χ4n) is 1.06. The first-order valence-electron chi connectivity index (χ1n) is 4.66. The molecule has 0 aromatic heterocycles. The van der Waals surface area contributed by atoms with Gasteiger partial charge in [0, 0.05) is 15.6 Å². The molecule has 0 aliphatic heterocycles. The molecule has 1 aromatic rings. The van der Waals surface area contributed by atoms with Crippen LogP contribution in [-0.4, -0.2) is 16.4 Å². The van der Waals surface area contributed by atoms with E-state index in [1.54, 1.807) is 0 Å². The highest BCUT2D eigenvalue weighted by Crippen LogP contribution is 2.21. The third-order valence-corrected chi connectivity index (χ3v) is 4.85. The van der Waals surface area contributed by atoms with Crippen LogP contribution < -0.4 is 0 Å². The number of hydrogen-bond acceptors (Lipinski definition) is 1. The number of alkyl halides is 2. The van der Waals surface area contributed by atoms with Crippen LogP contribution in [0.1, 0.15) is 6.42 Å². The zero-order valence-electron chi connectivity index (χ0n) is 7.96. The Kier molecular flexibility index (Phi) is 7.00. The second-order valence-corrected chi connectivity index (χ2v) is 5.59. The topological polar surface area (TPSA) is 0 Å². The maximum absolute atomic E-state index is 3.52. The van der Waals surface area contributed by atoms with Crippen molar-refractivity contribution < 1.29 is 0 Å². The lowest BCUT2D eigenvalue weighted by molar-refractivity contribution is 0.663. The molecule has 0 aliphatic rings. The van der Waals surface area contributed by atoms with Gasteiger partial charge < -0.3 is 0 Å². The summed E-state index contributed by atoms with van der Waals surface area (Å²) < 4.78 is 0. The van der Waals surface area contributed by atoms with Crippen LogP contribution in [0.2, 0.25) is 0 Å². The Hall–Kier alpha value is 0.530. The highest BCUT2D eigenvalue weighted by Gasteiger charge is 2.04. The van der Waals surface area contributed by atoms with Crippen LogP contribution in [0.3, 0.4) is 0 Å². The van der Waals surface area contributed by atoms with E-state index in [0.717, 1.165) is 16.6 Å². The minimum absolute atomic E-state index is 0.756.